The van der Waals surface area contributed by atoms with Crippen molar-refractivity contribution in [1.82, 2.24) is 0 Å². The van der Waals surface area contributed by atoms with Crippen molar-refractivity contribution < 1.29 is 9.53 Å². The molecule has 1 atom stereocenters. The van der Waals surface area contributed by atoms with Crippen LogP contribution in [0.25, 0.3) is 0 Å². The molecule has 0 spiro atoms. The highest BCUT2D eigenvalue weighted by atomic mass is 16.5. The average Bonchev–Trinajstić information content (AvgIpc) is 2.80. The van der Waals surface area contributed by atoms with Crippen molar-refractivity contribution in [3.63, 3.8) is 0 Å². The first-order chi connectivity index (χ1) is 16.1. The fraction of sp³-hybridized carbons (Fsp3) is 0.968. The lowest BCUT2D eigenvalue weighted by atomic mass is 10.00. The molecule has 0 bridgehead atoms. The maximum Gasteiger partial charge on any atom is 0.305 e. The number of ether oxygens (including phenoxy) is 1. The second kappa shape index (κ2) is 26.1. The van der Waals surface area contributed by atoms with Gasteiger partial charge in [-0.05, 0) is 24.7 Å². The molecular formula is C31H62O2. The molecule has 0 aromatic heterocycles. The molecule has 0 aliphatic rings. The Kier molecular flexibility index (Phi) is 25.7. The second-order valence-corrected chi connectivity index (χ2v) is 11.2. The summed E-state index contributed by atoms with van der Waals surface area (Å²) in [6.07, 6.45) is 29.9. The Hall–Kier alpha value is -0.530. The van der Waals surface area contributed by atoms with E-state index in [1.807, 2.05) is 0 Å². The van der Waals surface area contributed by atoms with Gasteiger partial charge in [-0.15, -0.1) is 0 Å². The highest BCUT2D eigenvalue weighted by Gasteiger charge is 2.03. The van der Waals surface area contributed by atoms with Gasteiger partial charge in [0.2, 0.25) is 0 Å². The summed E-state index contributed by atoms with van der Waals surface area (Å²) < 4.78 is 5.41. The zero-order valence-electron chi connectivity index (χ0n) is 23.4. The van der Waals surface area contributed by atoms with Crippen LogP contribution in [0.5, 0.6) is 0 Å². The Morgan fingerprint density at radius 2 is 0.939 bits per heavy atom. The Labute approximate surface area is 209 Å². The monoisotopic (exact) mass is 466 g/mol. The molecule has 0 saturated heterocycles. The van der Waals surface area contributed by atoms with Crippen molar-refractivity contribution in [2.24, 2.45) is 11.8 Å². The summed E-state index contributed by atoms with van der Waals surface area (Å²) in [4.78, 5) is 11.8. The molecule has 0 saturated carbocycles. The van der Waals surface area contributed by atoms with Gasteiger partial charge in [-0.25, -0.2) is 0 Å². The predicted octanol–water partition coefficient (Wildman–Crippen LogP) is 10.8. The number of esters is 1. The number of carbonyl (C=O) groups is 1. The van der Waals surface area contributed by atoms with Crippen LogP contribution in [0.2, 0.25) is 0 Å². The van der Waals surface area contributed by atoms with Crippen LogP contribution >= 0.6 is 0 Å². The molecule has 1 unspecified atom stereocenters. The van der Waals surface area contributed by atoms with E-state index >= 15 is 0 Å². The first kappa shape index (κ1) is 32.5. The van der Waals surface area contributed by atoms with E-state index < -0.39 is 0 Å². The lowest BCUT2D eigenvalue weighted by Gasteiger charge is -2.07. The molecule has 198 valence electrons. The van der Waals surface area contributed by atoms with Crippen molar-refractivity contribution >= 4 is 5.97 Å². The molecule has 2 heteroatoms. The van der Waals surface area contributed by atoms with Crippen molar-refractivity contribution in [2.75, 3.05) is 6.61 Å². The zero-order chi connectivity index (χ0) is 24.4. The molecule has 0 fully saturated rings. The molecule has 0 aromatic carbocycles. The van der Waals surface area contributed by atoms with Gasteiger partial charge in [0.05, 0.1) is 6.61 Å². The third-order valence-corrected chi connectivity index (χ3v) is 7.21. The van der Waals surface area contributed by atoms with E-state index in [1.165, 1.54) is 128 Å². The molecule has 0 amide bonds. The zero-order valence-corrected chi connectivity index (χ0v) is 23.4. The molecule has 0 heterocycles. The summed E-state index contributed by atoms with van der Waals surface area (Å²) in [6, 6.07) is 0. The van der Waals surface area contributed by atoms with Gasteiger partial charge in [-0.3, -0.25) is 4.79 Å². The average molecular weight is 467 g/mol. The summed E-state index contributed by atoms with van der Waals surface area (Å²) in [6.45, 7) is 9.94. The summed E-state index contributed by atoms with van der Waals surface area (Å²) >= 11 is 0. The molecule has 0 rings (SSSR count). The minimum absolute atomic E-state index is 0.0220. The van der Waals surface area contributed by atoms with E-state index in [1.54, 1.807) is 0 Å². The summed E-state index contributed by atoms with van der Waals surface area (Å²) in [5, 5.41) is 0. The van der Waals surface area contributed by atoms with Crippen molar-refractivity contribution in [1.29, 1.82) is 0 Å². The third kappa shape index (κ3) is 27.6. The van der Waals surface area contributed by atoms with Gasteiger partial charge in [-0.1, -0.05) is 156 Å². The van der Waals surface area contributed by atoms with Gasteiger partial charge in [-0.2, -0.15) is 0 Å². The lowest BCUT2D eigenvalue weighted by Crippen LogP contribution is -2.05. The Morgan fingerprint density at radius 3 is 1.39 bits per heavy atom. The first-order valence-electron chi connectivity index (χ1n) is 15.2. The van der Waals surface area contributed by atoms with Crippen molar-refractivity contribution in [3.8, 4) is 0 Å². The normalized spacial score (nSPS) is 12.4. The fourth-order valence-corrected chi connectivity index (χ4v) is 4.53. The predicted molar refractivity (Wildman–Crippen MR) is 147 cm³/mol. The maximum atomic E-state index is 11.8. The summed E-state index contributed by atoms with van der Waals surface area (Å²) in [7, 11) is 0. The van der Waals surface area contributed by atoms with Gasteiger partial charge in [0.1, 0.15) is 0 Å². The third-order valence-electron chi connectivity index (χ3n) is 7.21. The van der Waals surface area contributed by atoms with Crippen molar-refractivity contribution in [3.05, 3.63) is 0 Å². The largest absolute Gasteiger partial charge is 0.466 e. The van der Waals surface area contributed by atoms with E-state index in [0.717, 1.165) is 24.7 Å². The van der Waals surface area contributed by atoms with Crippen LogP contribution in [-0.4, -0.2) is 12.6 Å². The number of unbranched alkanes of at least 4 members (excludes halogenated alkanes) is 17. The topological polar surface area (TPSA) is 26.3 Å². The Bertz CT molecular complexity index is 390. The van der Waals surface area contributed by atoms with Crippen LogP contribution in [0, 0.1) is 11.8 Å². The molecule has 0 N–H and O–H groups in total. The highest BCUT2D eigenvalue weighted by molar-refractivity contribution is 5.69. The minimum Gasteiger partial charge on any atom is -0.466 e. The van der Waals surface area contributed by atoms with E-state index in [0.29, 0.717) is 13.0 Å². The summed E-state index contributed by atoms with van der Waals surface area (Å²) in [5.41, 5.74) is 0. The quantitative estimate of drug-likeness (QED) is 0.0935. The lowest BCUT2D eigenvalue weighted by molar-refractivity contribution is -0.143. The van der Waals surface area contributed by atoms with Gasteiger partial charge in [0.25, 0.3) is 0 Å². The van der Waals surface area contributed by atoms with Crippen LogP contribution in [0.15, 0.2) is 0 Å². The molecule has 2 nitrogen and oxygen atoms in total. The highest BCUT2D eigenvalue weighted by Crippen LogP contribution is 2.16. The Morgan fingerprint density at radius 1 is 0.545 bits per heavy atom. The molecule has 0 aliphatic carbocycles. The van der Waals surface area contributed by atoms with Crippen LogP contribution in [0.3, 0.4) is 0 Å². The Balaban J connectivity index is 3.18. The standard InChI is InChI=1S/C31H62O2/c1-5-30(4)26-22-18-14-11-12-16-20-24-28-33-31(32)27-23-19-15-10-8-6-7-9-13-17-21-25-29(2)3/h29-30H,5-28H2,1-4H3. The smallest absolute Gasteiger partial charge is 0.305 e. The van der Waals surface area contributed by atoms with E-state index in [-0.39, 0.29) is 5.97 Å². The number of hydrogen-bond donors (Lipinski definition) is 0. The molecule has 33 heavy (non-hydrogen) atoms. The molecule has 0 radical (unpaired) electrons. The minimum atomic E-state index is 0.0220. The van der Waals surface area contributed by atoms with Gasteiger partial charge in [0, 0.05) is 6.42 Å². The van der Waals surface area contributed by atoms with Gasteiger partial charge >= 0.3 is 5.97 Å². The fourth-order valence-electron chi connectivity index (χ4n) is 4.53. The van der Waals surface area contributed by atoms with Crippen LogP contribution < -0.4 is 0 Å². The molecular weight excluding hydrogens is 404 g/mol. The summed E-state index contributed by atoms with van der Waals surface area (Å²) in [5.74, 6) is 1.79. The van der Waals surface area contributed by atoms with Crippen LogP contribution in [0.4, 0.5) is 0 Å². The molecule has 0 aromatic rings. The van der Waals surface area contributed by atoms with Gasteiger partial charge < -0.3 is 4.74 Å². The van der Waals surface area contributed by atoms with Crippen molar-refractivity contribution in [2.45, 2.75) is 175 Å². The second-order valence-electron chi connectivity index (χ2n) is 11.2. The first-order valence-corrected chi connectivity index (χ1v) is 15.2. The van der Waals surface area contributed by atoms with E-state index in [4.69, 9.17) is 4.74 Å². The van der Waals surface area contributed by atoms with E-state index in [2.05, 4.69) is 27.7 Å². The number of rotatable bonds is 26. The van der Waals surface area contributed by atoms with E-state index in [9.17, 15) is 4.79 Å². The van der Waals surface area contributed by atoms with Crippen LogP contribution in [-0.2, 0) is 9.53 Å². The number of carbonyl (C=O) groups excluding carboxylic acids is 1. The maximum absolute atomic E-state index is 11.8. The number of hydrogen-bond acceptors (Lipinski definition) is 2. The molecule has 0 aliphatic heterocycles. The SMILES string of the molecule is CCC(C)CCCCCCCCCCOC(=O)CCCCCCCCCCCCCC(C)C. The van der Waals surface area contributed by atoms with Gasteiger partial charge in [0.15, 0.2) is 0 Å². The van der Waals surface area contributed by atoms with Crippen LogP contribution in [0.1, 0.15) is 175 Å².